The summed E-state index contributed by atoms with van der Waals surface area (Å²) in [7, 11) is -2.28. The van der Waals surface area contributed by atoms with Gasteiger partial charge in [0.15, 0.2) is 0 Å². The fourth-order valence-corrected chi connectivity index (χ4v) is 4.49. The first-order valence-corrected chi connectivity index (χ1v) is 11.2. The van der Waals surface area contributed by atoms with E-state index in [9.17, 15) is 13.2 Å². The Labute approximate surface area is 176 Å². The molecule has 0 bridgehead atoms. The molecule has 1 aromatic heterocycles. The smallest absolute Gasteiger partial charge is 0.243 e. The monoisotopic (exact) mass is 436 g/mol. The highest BCUT2D eigenvalue weighted by Gasteiger charge is 2.27. The Hall–Kier alpha value is -2.16. The largest absolute Gasteiger partial charge is 0.353 e. The molecule has 1 aromatic carbocycles. The Morgan fingerprint density at radius 1 is 1.10 bits per heavy atom. The molecule has 0 N–H and O–H groups in total. The van der Waals surface area contributed by atoms with Gasteiger partial charge in [-0.3, -0.25) is 4.79 Å². The standard InChI is InChI=1S/C20H25ClN4O3S/c1-15-4-6-18(12-16(15)2)29(27,28)23(3)14-20(26)25-10-8-24(9-11-25)19-7-5-17(21)13-22-19/h4-7,12-13H,8-11,14H2,1-3H3. The van der Waals surface area contributed by atoms with Crippen molar-refractivity contribution in [1.82, 2.24) is 14.2 Å². The van der Waals surface area contributed by atoms with Crippen LogP contribution in [0.1, 0.15) is 11.1 Å². The van der Waals surface area contributed by atoms with Crippen molar-refractivity contribution in [2.24, 2.45) is 0 Å². The predicted molar refractivity (Wildman–Crippen MR) is 114 cm³/mol. The molecule has 1 saturated heterocycles. The fourth-order valence-electron chi connectivity index (χ4n) is 3.17. The molecule has 3 rings (SSSR count). The molecule has 2 aromatic rings. The van der Waals surface area contributed by atoms with Crippen LogP contribution in [0.3, 0.4) is 0 Å². The summed E-state index contributed by atoms with van der Waals surface area (Å²) >= 11 is 5.87. The van der Waals surface area contributed by atoms with E-state index in [2.05, 4.69) is 9.88 Å². The maximum absolute atomic E-state index is 12.8. The molecule has 0 unspecified atom stereocenters. The highest BCUT2D eigenvalue weighted by molar-refractivity contribution is 7.89. The van der Waals surface area contributed by atoms with E-state index in [4.69, 9.17) is 11.6 Å². The van der Waals surface area contributed by atoms with Crippen molar-refractivity contribution in [1.29, 1.82) is 0 Å². The quantitative estimate of drug-likeness (QED) is 0.719. The van der Waals surface area contributed by atoms with Crippen LogP contribution in [0.4, 0.5) is 5.82 Å². The molecule has 0 aliphatic carbocycles. The van der Waals surface area contributed by atoms with Crippen LogP contribution in [0.2, 0.25) is 5.02 Å². The van der Waals surface area contributed by atoms with Crippen molar-refractivity contribution < 1.29 is 13.2 Å². The van der Waals surface area contributed by atoms with Crippen LogP contribution < -0.4 is 4.90 Å². The van der Waals surface area contributed by atoms with E-state index in [0.717, 1.165) is 21.2 Å². The number of amides is 1. The SMILES string of the molecule is Cc1ccc(S(=O)(=O)N(C)CC(=O)N2CCN(c3ccc(Cl)cn3)CC2)cc1C. The van der Waals surface area contributed by atoms with Crippen molar-refractivity contribution in [3.8, 4) is 0 Å². The van der Waals surface area contributed by atoms with Crippen LogP contribution in [0.25, 0.3) is 0 Å². The third kappa shape index (κ3) is 4.88. The number of aryl methyl sites for hydroxylation is 2. The predicted octanol–water partition coefficient (Wildman–Crippen LogP) is 2.32. The van der Waals surface area contributed by atoms with Gasteiger partial charge in [-0.05, 0) is 49.2 Å². The number of likely N-dealkylation sites (N-methyl/N-ethyl adjacent to an activating group) is 1. The number of hydrogen-bond acceptors (Lipinski definition) is 5. The van der Waals surface area contributed by atoms with Crippen LogP contribution in [0.5, 0.6) is 0 Å². The number of aromatic nitrogens is 1. The van der Waals surface area contributed by atoms with Gasteiger partial charge < -0.3 is 9.80 Å². The van der Waals surface area contributed by atoms with E-state index in [1.165, 1.54) is 7.05 Å². The number of anilines is 1. The third-order valence-electron chi connectivity index (χ3n) is 5.21. The maximum atomic E-state index is 12.8. The molecule has 0 spiro atoms. The lowest BCUT2D eigenvalue weighted by Crippen LogP contribution is -2.51. The van der Waals surface area contributed by atoms with Gasteiger partial charge in [-0.25, -0.2) is 13.4 Å². The Morgan fingerprint density at radius 3 is 2.38 bits per heavy atom. The second-order valence-electron chi connectivity index (χ2n) is 7.21. The van der Waals surface area contributed by atoms with Crippen LogP contribution in [-0.2, 0) is 14.8 Å². The van der Waals surface area contributed by atoms with Gasteiger partial charge in [-0.15, -0.1) is 0 Å². The molecule has 1 fully saturated rings. The Bertz CT molecular complexity index is 987. The van der Waals surface area contributed by atoms with Gasteiger partial charge in [0.25, 0.3) is 0 Å². The molecule has 2 heterocycles. The lowest BCUT2D eigenvalue weighted by Gasteiger charge is -2.36. The Balaban J connectivity index is 1.60. The average Bonchev–Trinajstić information content (AvgIpc) is 2.70. The molecule has 0 atom stereocenters. The van der Waals surface area contributed by atoms with Gasteiger partial charge in [0.1, 0.15) is 5.82 Å². The minimum absolute atomic E-state index is 0.186. The van der Waals surface area contributed by atoms with Crippen LogP contribution in [-0.4, -0.2) is 68.3 Å². The first-order valence-electron chi connectivity index (χ1n) is 9.36. The zero-order valence-electron chi connectivity index (χ0n) is 16.8. The first kappa shape index (κ1) is 21.5. The van der Waals surface area contributed by atoms with Gasteiger partial charge in [0.2, 0.25) is 15.9 Å². The van der Waals surface area contributed by atoms with Crippen molar-refractivity contribution in [3.63, 3.8) is 0 Å². The van der Waals surface area contributed by atoms with Crippen molar-refractivity contribution in [2.45, 2.75) is 18.7 Å². The van der Waals surface area contributed by atoms with Crippen LogP contribution in [0.15, 0.2) is 41.4 Å². The second-order valence-corrected chi connectivity index (χ2v) is 9.69. The maximum Gasteiger partial charge on any atom is 0.243 e. The summed E-state index contributed by atoms with van der Waals surface area (Å²) in [6.45, 7) is 5.91. The van der Waals surface area contributed by atoms with E-state index in [0.29, 0.717) is 31.2 Å². The third-order valence-corrected chi connectivity index (χ3v) is 7.24. The molecule has 9 heteroatoms. The van der Waals surface area contributed by atoms with E-state index in [1.54, 1.807) is 35.4 Å². The average molecular weight is 437 g/mol. The van der Waals surface area contributed by atoms with E-state index >= 15 is 0 Å². The summed E-state index contributed by atoms with van der Waals surface area (Å²) in [5.74, 6) is 0.611. The number of nitrogens with zero attached hydrogens (tertiary/aromatic N) is 4. The fraction of sp³-hybridized carbons (Fsp3) is 0.400. The van der Waals surface area contributed by atoms with Crippen molar-refractivity contribution in [2.75, 3.05) is 44.7 Å². The molecule has 0 saturated carbocycles. The number of benzene rings is 1. The first-order chi connectivity index (χ1) is 13.7. The summed E-state index contributed by atoms with van der Waals surface area (Å²) in [5, 5.41) is 0.579. The molecule has 156 valence electrons. The lowest BCUT2D eigenvalue weighted by molar-refractivity contribution is -0.131. The van der Waals surface area contributed by atoms with Gasteiger partial charge in [0.05, 0.1) is 16.5 Å². The highest BCUT2D eigenvalue weighted by atomic mass is 35.5. The Kier molecular flexibility index (Phi) is 6.45. The van der Waals surface area contributed by atoms with Gasteiger partial charge in [-0.2, -0.15) is 4.31 Å². The van der Waals surface area contributed by atoms with E-state index in [1.807, 2.05) is 19.9 Å². The molecule has 29 heavy (non-hydrogen) atoms. The van der Waals surface area contributed by atoms with E-state index < -0.39 is 10.0 Å². The zero-order chi connectivity index (χ0) is 21.2. The number of halogens is 1. The Morgan fingerprint density at radius 2 is 1.79 bits per heavy atom. The summed E-state index contributed by atoms with van der Waals surface area (Å²) in [6, 6.07) is 8.64. The number of hydrogen-bond donors (Lipinski definition) is 0. The van der Waals surface area contributed by atoms with Gasteiger partial charge in [0, 0.05) is 39.4 Å². The number of carbonyl (C=O) groups excluding carboxylic acids is 1. The molecular weight excluding hydrogens is 412 g/mol. The van der Waals surface area contributed by atoms with Crippen LogP contribution >= 0.6 is 11.6 Å². The topological polar surface area (TPSA) is 73.8 Å². The lowest BCUT2D eigenvalue weighted by atomic mass is 10.1. The number of carbonyl (C=O) groups is 1. The van der Waals surface area contributed by atoms with Gasteiger partial charge in [-0.1, -0.05) is 17.7 Å². The highest BCUT2D eigenvalue weighted by Crippen LogP contribution is 2.19. The molecule has 1 aliphatic rings. The number of sulfonamides is 1. The summed E-state index contributed by atoms with van der Waals surface area (Å²) in [4.78, 5) is 20.9. The summed E-state index contributed by atoms with van der Waals surface area (Å²) < 4.78 is 26.7. The zero-order valence-corrected chi connectivity index (χ0v) is 18.4. The number of rotatable bonds is 5. The molecule has 7 nitrogen and oxygen atoms in total. The van der Waals surface area contributed by atoms with Crippen molar-refractivity contribution in [3.05, 3.63) is 52.7 Å². The van der Waals surface area contributed by atoms with Crippen LogP contribution in [0, 0.1) is 13.8 Å². The summed E-state index contributed by atoms with van der Waals surface area (Å²) in [5.41, 5.74) is 1.92. The molecule has 1 amide bonds. The van der Waals surface area contributed by atoms with Crippen molar-refractivity contribution >= 4 is 33.3 Å². The normalized spacial score (nSPS) is 15.1. The molecular formula is C20H25ClN4O3S. The van der Waals surface area contributed by atoms with E-state index in [-0.39, 0.29) is 17.3 Å². The number of pyridine rings is 1. The summed E-state index contributed by atoms with van der Waals surface area (Å²) in [6.07, 6.45) is 1.60. The van der Waals surface area contributed by atoms with Gasteiger partial charge >= 0.3 is 0 Å². The second kappa shape index (κ2) is 8.69. The number of piperazine rings is 1. The molecule has 0 radical (unpaired) electrons. The molecule has 1 aliphatic heterocycles. The minimum atomic E-state index is -3.72. The minimum Gasteiger partial charge on any atom is -0.353 e.